The number of rotatable bonds is 6. The van der Waals surface area contributed by atoms with Crippen molar-refractivity contribution in [2.75, 3.05) is 26.2 Å². The molecule has 1 fully saturated rings. The highest BCUT2D eigenvalue weighted by Gasteiger charge is 2.21. The Hall–Kier alpha value is -2.32. The van der Waals surface area contributed by atoms with Crippen molar-refractivity contribution in [2.24, 2.45) is 0 Å². The fourth-order valence-electron chi connectivity index (χ4n) is 3.11. The van der Waals surface area contributed by atoms with E-state index in [4.69, 9.17) is 10.00 Å². The molecule has 0 amide bonds. The van der Waals surface area contributed by atoms with E-state index in [1.807, 2.05) is 18.3 Å². The number of aromatic nitrogens is 2. The highest BCUT2D eigenvalue weighted by atomic mass is 16.5. The van der Waals surface area contributed by atoms with Crippen LogP contribution in [0.2, 0.25) is 0 Å². The van der Waals surface area contributed by atoms with Crippen molar-refractivity contribution in [3.8, 4) is 11.8 Å². The van der Waals surface area contributed by atoms with Gasteiger partial charge in [-0.25, -0.2) is 0 Å². The number of nitrogens with zero attached hydrogens (tertiary/aromatic N) is 3. The summed E-state index contributed by atoms with van der Waals surface area (Å²) in [5.41, 5.74) is 1.92. The second kappa shape index (κ2) is 7.80. The zero-order chi connectivity index (χ0) is 15.9. The van der Waals surface area contributed by atoms with E-state index in [0.717, 1.165) is 25.3 Å². The summed E-state index contributed by atoms with van der Waals surface area (Å²) in [5.74, 6) is 1.41. The third-order valence-corrected chi connectivity index (χ3v) is 4.34. The summed E-state index contributed by atoms with van der Waals surface area (Å²) in [5, 5.41) is 15.9. The van der Waals surface area contributed by atoms with Crippen molar-refractivity contribution in [1.82, 2.24) is 15.1 Å². The molecule has 1 aromatic carbocycles. The molecule has 120 valence electrons. The number of nitrogens with one attached hydrogen (secondary N) is 1. The van der Waals surface area contributed by atoms with Crippen molar-refractivity contribution < 1.29 is 4.74 Å². The number of piperidine rings is 1. The van der Waals surface area contributed by atoms with Gasteiger partial charge in [-0.3, -0.25) is 5.10 Å². The Bertz CT molecular complexity index is 630. The number of aromatic amines is 1. The Labute approximate surface area is 136 Å². The minimum absolute atomic E-state index is 0.575. The first-order valence-electron chi connectivity index (χ1n) is 8.20. The number of benzene rings is 1. The van der Waals surface area contributed by atoms with Gasteiger partial charge in [0.2, 0.25) is 0 Å². The van der Waals surface area contributed by atoms with Crippen LogP contribution in [0.15, 0.2) is 36.5 Å². The molecule has 5 heteroatoms. The first kappa shape index (κ1) is 15.6. The maximum atomic E-state index is 8.77. The van der Waals surface area contributed by atoms with E-state index in [-0.39, 0.29) is 0 Å². The van der Waals surface area contributed by atoms with Crippen LogP contribution in [-0.2, 0) is 0 Å². The molecule has 0 spiro atoms. The van der Waals surface area contributed by atoms with Crippen LogP contribution < -0.4 is 4.74 Å². The summed E-state index contributed by atoms with van der Waals surface area (Å²) >= 11 is 0. The fraction of sp³-hybridized carbons (Fsp3) is 0.444. The van der Waals surface area contributed by atoms with Crippen LogP contribution in [0.4, 0.5) is 0 Å². The fourth-order valence-corrected chi connectivity index (χ4v) is 3.11. The zero-order valence-corrected chi connectivity index (χ0v) is 13.2. The molecule has 1 aliphatic heterocycles. The third kappa shape index (κ3) is 4.33. The second-order valence-corrected chi connectivity index (χ2v) is 5.99. The minimum atomic E-state index is 0.575. The Kier molecular flexibility index (Phi) is 5.28. The molecule has 1 saturated heterocycles. The van der Waals surface area contributed by atoms with Gasteiger partial charge in [0.05, 0.1) is 18.2 Å². The molecule has 1 unspecified atom stereocenters. The van der Waals surface area contributed by atoms with Crippen LogP contribution in [0.1, 0.15) is 36.4 Å². The molecule has 0 radical (unpaired) electrons. The van der Waals surface area contributed by atoms with Crippen LogP contribution in [-0.4, -0.2) is 41.3 Å². The van der Waals surface area contributed by atoms with Crippen LogP contribution in [0, 0.1) is 11.3 Å². The molecule has 1 aromatic heterocycles. The SMILES string of the molecule is N#Cc1ccc(OCCCN2CCCC(c3ccn[nH]3)C2)cc1. The summed E-state index contributed by atoms with van der Waals surface area (Å²) in [7, 11) is 0. The van der Waals surface area contributed by atoms with Crippen molar-refractivity contribution in [3.63, 3.8) is 0 Å². The van der Waals surface area contributed by atoms with E-state index in [2.05, 4.69) is 27.2 Å². The minimum Gasteiger partial charge on any atom is -0.494 e. The number of likely N-dealkylation sites (tertiary alicyclic amines) is 1. The second-order valence-electron chi connectivity index (χ2n) is 5.99. The van der Waals surface area contributed by atoms with Gasteiger partial charge in [0.1, 0.15) is 5.75 Å². The van der Waals surface area contributed by atoms with Crippen LogP contribution in [0.5, 0.6) is 5.75 Å². The van der Waals surface area contributed by atoms with Crippen molar-refractivity contribution >= 4 is 0 Å². The predicted octanol–water partition coefficient (Wildman–Crippen LogP) is 2.93. The Morgan fingerprint density at radius 1 is 1.30 bits per heavy atom. The third-order valence-electron chi connectivity index (χ3n) is 4.34. The summed E-state index contributed by atoms with van der Waals surface area (Å²) in [6.07, 6.45) is 5.32. The molecule has 0 bridgehead atoms. The standard InChI is InChI=1S/C18H22N4O/c19-13-15-4-6-17(7-5-15)23-12-2-11-22-10-1-3-16(14-22)18-8-9-20-21-18/h4-9,16H,1-3,10-12,14H2,(H,20,21). The van der Waals surface area contributed by atoms with Crippen LogP contribution in [0.25, 0.3) is 0 Å². The van der Waals surface area contributed by atoms with Gasteiger partial charge in [-0.15, -0.1) is 0 Å². The van der Waals surface area contributed by atoms with E-state index in [9.17, 15) is 0 Å². The van der Waals surface area contributed by atoms with Gasteiger partial charge in [0.25, 0.3) is 0 Å². The van der Waals surface area contributed by atoms with E-state index >= 15 is 0 Å². The average Bonchev–Trinajstić information content (AvgIpc) is 3.14. The monoisotopic (exact) mass is 310 g/mol. The van der Waals surface area contributed by atoms with Crippen molar-refractivity contribution in [3.05, 3.63) is 47.8 Å². The molecule has 3 rings (SSSR count). The van der Waals surface area contributed by atoms with E-state index in [1.165, 1.54) is 25.1 Å². The number of H-pyrrole nitrogens is 1. The molecule has 2 heterocycles. The molecule has 1 aliphatic rings. The lowest BCUT2D eigenvalue weighted by molar-refractivity contribution is 0.188. The first-order chi connectivity index (χ1) is 11.3. The van der Waals surface area contributed by atoms with Gasteiger partial charge in [0, 0.05) is 30.9 Å². The molecule has 2 aromatic rings. The lowest BCUT2D eigenvalue weighted by Crippen LogP contribution is -2.35. The number of nitriles is 1. The number of hydrogen-bond donors (Lipinski definition) is 1. The van der Waals surface area contributed by atoms with Crippen LogP contribution in [0.3, 0.4) is 0 Å². The lowest BCUT2D eigenvalue weighted by atomic mass is 9.95. The summed E-state index contributed by atoms with van der Waals surface area (Å²) in [4.78, 5) is 2.51. The summed E-state index contributed by atoms with van der Waals surface area (Å²) in [6.45, 7) is 4.03. The van der Waals surface area contributed by atoms with Crippen molar-refractivity contribution in [2.45, 2.75) is 25.2 Å². The van der Waals surface area contributed by atoms with Crippen LogP contribution >= 0.6 is 0 Å². The van der Waals surface area contributed by atoms with Gasteiger partial charge in [-0.2, -0.15) is 10.4 Å². The molecular weight excluding hydrogens is 288 g/mol. The molecule has 1 N–H and O–H groups in total. The quantitative estimate of drug-likeness (QED) is 0.833. The molecule has 23 heavy (non-hydrogen) atoms. The molecule has 1 atom stereocenters. The Morgan fingerprint density at radius 2 is 2.17 bits per heavy atom. The number of hydrogen-bond acceptors (Lipinski definition) is 4. The highest BCUT2D eigenvalue weighted by Crippen LogP contribution is 2.25. The van der Waals surface area contributed by atoms with E-state index in [0.29, 0.717) is 18.1 Å². The molecular formula is C18H22N4O. The lowest BCUT2D eigenvalue weighted by Gasteiger charge is -2.32. The average molecular weight is 310 g/mol. The summed E-state index contributed by atoms with van der Waals surface area (Å²) in [6, 6.07) is 11.5. The first-order valence-corrected chi connectivity index (χ1v) is 8.20. The van der Waals surface area contributed by atoms with Crippen molar-refractivity contribution in [1.29, 1.82) is 5.26 Å². The molecule has 0 aliphatic carbocycles. The van der Waals surface area contributed by atoms with Gasteiger partial charge in [0.15, 0.2) is 0 Å². The summed E-state index contributed by atoms with van der Waals surface area (Å²) < 4.78 is 5.74. The van der Waals surface area contributed by atoms with E-state index < -0.39 is 0 Å². The Balaban J connectivity index is 1.39. The maximum absolute atomic E-state index is 8.77. The van der Waals surface area contributed by atoms with Gasteiger partial charge < -0.3 is 9.64 Å². The smallest absolute Gasteiger partial charge is 0.119 e. The predicted molar refractivity (Wildman–Crippen MR) is 88.3 cm³/mol. The highest BCUT2D eigenvalue weighted by molar-refractivity contribution is 5.34. The Morgan fingerprint density at radius 3 is 2.91 bits per heavy atom. The topological polar surface area (TPSA) is 64.9 Å². The largest absolute Gasteiger partial charge is 0.494 e. The van der Waals surface area contributed by atoms with Gasteiger partial charge >= 0.3 is 0 Å². The normalized spacial score (nSPS) is 18.5. The van der Waals surface area contributed by atoms with Gasteiger partial charge in [-0.1, -0.05) is 0 Å². The molecule has 0 saturated carbocycles. The number of ether oxygens (including phenoxy) is 1. The van der Waals surface area contributed by atoms with Gasteiger partial charge in [-0.05, 0) is 56.1 Å². The maximum Gasteiger partial charge on any atom is 0.119 e. The van der Waals surface area contributed by atoms with E-state index in [1.54, 1.807) is 12.1 Å². The molecule has 5 nitrogen and oxygen atoms in total. The zero-order valence-electron chi connectivity index (χ0n) is 13.2.